The lowest BCUT2D eigenvalue weighted by atomic mass is 9.99. The molecule has 9 rings (SSSR count). The van der Waals surface area contributed by atoms with Gasteiger partial charge >= 0.3 is 131 Å². The van der Waals surface area contributed by atoms with Gasteiger partial charge in [0.1, 0.15) is 97.7 Å². The molecule has 0 saturated carbocycles. The van der Waals surface area contributed by atoms with Crippen molar-refractivity contribution < 1.29 is 233 Å². The zero-order valence-corrected chi connectivity index (χ0v) is 81.2. The third kappa shape index (κ3) is 30.7. The van der Waals surface area contributed by atoms with Gasteiger partial charge in [-0.05, 0) is 0 Å². The first-order chi connectivity index (χ1) is 68.8. The van der Waals surface area contributed by atoms with Gasteiger partial charge in [0.2, 0.25) is 28.7 Å². The summed E-state index contributed by atoms with van der Waals surface area (Å²) in [4.78, 5) is 298. The lowest BCUT2D eigenvalue weighted by molar-refractivity contribution is -0.134. The van der Waals surface area contributed by atoms with E-state index in [-0.39, 0.29) is 0 Å². The van der Waals surface area contributed by atoms with E-state index in [9.17, 15) is 105 Å². The molecule has 49 heteroatoms. The third-order valence-electron chi connectivity index (χ3n) is 16.9. The van der Waals surface area contributed by atoms with Crippen molar-refractivity contribution in [1.82, 2.24) is 0 Å². The Morgan fingerprint density at radius 1 is 0.109 bits per heavy atom. The number of carbonyl (C=O) groups is 22. The van der Waals surface area contributed by atoms with E-state index in [0.717, 1.165) is 207 Å². The Morgan fingerprint density at radius 2 is 0.245 bits per heavy atom. The third-order valence-corrected chi connectivity index (χ3v) is 16.9. The van der Waals surface area contributed by atoms with E-state index in [1.165, 1.54) is 0 Å². The number of hydrogen-bond donors (Lipinski definition) is 0. The molecule has 49 nitrogen and oxygen atoms in total. The second-order valence-electron chi connectivity index (χ2n) is 29.8. The van der Waals surface area contributed by atoms with Gasteiger partial charge in [0.25, 0.3) is 0 Å². The van der Waals surface area contributed by atoms with Crippen LogP contribution in [0.5, 0.6) is 184 Å². The lowest BCUT2D eigenvalue weighted by Gasteiger charge is -2.25. The highest BCUT2D eigenvalue weighted by Gasteiger charge is 2.41. The summed E-state index contributed by atoms with van der Waals surface area (Å²) in [6.45, 7) is 18.2. The quantitative estimate of drug-likeness (QED) is 0.0263. The van der Waals surface area contributed by atoms with Crippen molar-refractivity contribution in [3.8, 4) is 217 Å². The average molecular weight is 2040 g/mol. The zero-order valence-electron chi connectivity index (χ0n) is 81.2. The first-order valence-electron chi connectivity index (χ1n) is 42.0. The molecule has 9 aromatic rings. The lowest BCUT2D eigenvalue weighted by Crippen LogP contribution is -2.13. The van der Waals surface area contributed by atoms with Crippen LogP contribution in [-0.2, 0) is 105 Å². The van der Waals surface area contributed by atoms with Crippen molar-refractivity contribution in [2.24, 2.45) is 0 Å². The van der Waals surface area contributed by atoms with Crippen LogP contribution in [0.3, 0.4) is 0 Å². The Hall–Kier alpha value is -19.7. The van der Waals surface area contributed by atoms with E-state index < -0.39 is 349 Å². The van der Waals surface area contributed by atoms with Gasteiger partial charge in [-0.2, -0.15) is 0 Å². The fourth-order valence-corrected chi connectivity index (χ4v) is 13.1. The van der Waals surface area contributed by atoms with Crippen LogP contribution in [-0.4, -0.2) is 131 Å². The van der Waals surface area contributed by atoms with Crippen LogP contribution in [0.4, 0.5) is 0 Å². The highest BCUT2D eigenvalue weighted by molar-refractivity contribution is 6.00. The Labute approximate surface area is 828 Å². The Bertz CT molecular complexity index is 6670. The SMILES string of the molecule is CC(=O)Oc1cc(OC(C)=O)cc(Oc2c(OC(C)=O)cc(Oc3c(OC(C)=O)cc(Oc4c(Oc5c(OC(C)=O)cc(OC(C)=O)c(-c6c(OC(C)=O)cc(OC(C)=O)cc6OC(C)=O)c5OC(C)=O)cc(OC(C)=O)cc4Oc4c(OC(C)=O)cc(OC(C)=O)c(-c5c(OC(C)=O)cc(OC(C)=O)cc5OC(C)=O)c4OC(C)=O)cc3OC(C)=O)c(-c3c(OC(C)=O)cc(OC(C)=O)cc3OC(C)=O)c2OC(C)=O)c1. The topological polar surface area (TPSA) is 625 Å². The van der Waals surface area contributed by atoms with Gasteiger partial charge in [-0.1, -0.05) is 0 Å². The maximum atomic E-state index is 14.2. The summed E-state index contributed by atoms with van der Waals surface area (Å²) in [6.07, 6.45) is 0. The maximum Gasteiger partial charge on any atom is 0.308 e. The van der Waals surface area contributed by atoms with E-state index in [0.29, 0.717) is 42.5 Å². The van der Waals surface area contributed by atoms with Crippen molar-refractivity contribution in [2.75, 3.05) is 0 Å². The second-order valence-corrected chi connectivity index (χ2v) is 29.8. The molecule has 0 N–H and O–H groups in total. The van der Waals surface area contributed by atoms with Crippen molar-refractivity contribution in [2.45, 2.75) is 152 Å². The van der Waals surface area contributed by atoms with Gasteiger partial charge in [-0.3, -0.25) is 105 Å². The van der Waals surface area contributed by atoms with Crippen LogP contribution >= 0.6 is 0 Å². The average Bonchev–Trinajstić information content (AvgIpc) is 0.750. The van der Waals surface area contributed by atoms with Crippen molar-refractivity contribution in [3.63, 3.8) is 0 Å². The number of ether oxygens (including phenoxy) is 27. The molecular weight excluding hydrogens is 1960 g/mol. The molecule has 9 aromatic carbocycles. The highest BCUT2D eigenvalue weighted by atomic mass is 16.7. The zero-order chi connectivity index (χ0) is 109. The minimum atomic E-state index is -1.44. The standard InChI is InChI=1S/C98H82O49/c1-39(99)121-61-23-62(122-40(2)100)25-63(24-61)144-93-82(137-55(17)115)38-77(90(96(93)140-58(20)118)87-73(131-49(11)109)30-66(125-43(5)103)31-74(87)132-50(12)110)145-92-78(135-53(15)113)34-68(35-79(92)136-54(16)114)143-91-80(146-94-83(138-56(18)116)36-75(133-51(13)111)88(97(94)141-59(21)119)85-69(127-45(7)105)26-64(123-41(3)101)27-70(85)128-46(8)106)32-67(126-44(6)104)33-81(91)147-95-84(139-57(19)117)37-76(134-52(14)112)89(98(95)142-60(22)120)86-71(129-47(9)107)28-65(124-42(4)102)29-72(86)130-48(10)108/h23-38H,1-22H3. The summed E-state index contributed by atoms with van der Waals surface area (Å²) in [7, 11) is 0. The van der Waals surface area contributed by atoms with Crippen molar-refractivity contribution in [1.29, 1.82) is 0 Å². The summed E-state index contributed by atoms with van der Waals surface area (Å²) < 4.78 is 159. The van der Waals surface area contributed by atoms with Crippen LogP contribution in [0.1, 0.15) is 152 Å². The van der Waals surface area contributed by atoms with Gasteiger partial charge in [-0.25, -0.2) is 0 Å². The number of hydrogen-bond acceptors (Lipinski definition) is 49. The molecule has 0 aliphatic rings. The normalized spacial score (nSPS) is 10.4. The molecule has 0 unspecified atom stereocenters. The fourth-order valence-electron chi connectivity index (χ4n) is 13.1. The first kappa shape index (κ1) is 111. The van der Waals surface area contributed by atoms with Crippen LogP contribution in [0.2, 0.25) is 0 Å². The minimum Gasteiger partial charge on any atom is -0.449 e. The van der Waals surface area contributed by atoms with E-state index in [2.05, 4.69) is 0 Å². The summed E-state index contributed by atoms with van der Waals surface area (Å²) in [5, 5.41) is 0. The van der Waals surface area contributed by atoms with E-state index in [1.807, 2.05) is 0 Å². The van der Waals surface area contributed by atoms with Crippen LogP contribution in [0.15, 0.2) is 97.1 Å². The van der Waals surface area contributed by atoms with E-state index in [1.54, 1.807) is 0 Å². The Morgan fingerprint density at radius 3 is 0.469 bits per heavy atom. The van der Waals surface area contributed by atoms with Crippen LogP contribution < -0.4 is 128 Å². The fraction of sp³-hybridized carbons (Fsp3) is 0.224. The summed E-state index contributed by atoms with van der Waals surface area (Å²) in [5.41, 5.74) is -5.21. The number of carbonyl (C=O) groups excluding carboxylic acids is 22. The number of rotatable bonds is 35. The summed E-state index contributed by atoms with van der Waals surface area (Å²) >= 11 is 0. The smallest absolute Gasteiger partial charge is 0.308 e. The molecule has 0 spiro atoms. The molecule has 0 bridgehead atoms. The largest absolute Gasteiger partial charge is 0.449 e. The molecule has 0 radical (unpaired) electrons. The molecule has 0 saturated heterocycles. The monoisotopic (exact) mass is 2040 g/mol. The number of benzene rings is 9. The predicted molar refractivity (Wildman–Crippen MR) is 484 cm³/mol. The van der Waals surface area contributed by atoms with Gasteiger partial charge in [0, 0.05) is 249 Å². The van der Waals surface area contributed by atoms with Crippen molar-refractivity contribution >= 4 is 131 Å². The molecular formula is C98H82O49. The molecule has 0 amide bonds. The molecule has 0 fully saturated rings. The minimum absolute atomic E-state index is 0.426. The molecule has 147 heavy (non-hydrogen) atoms. The Kier molecular flexibility index (Phi) is 36.2. The van der Waals surface area contributed by atoms with E-state index >= 15 is 0 Å². The molecule has 0 aliphatic heterocycles. The van der Waals surface area contributed by atoms with Crippen LogP contribution in [0, 0.1) is 0 Å². The molecule has 0 atom stereocenters. The van der Waals surface area contributed by atoms with Gasteiger partial charge < -0.3 is 128 Å². The van der Waals surface area contributed by atoms with Gasteiger partial charge in [0.15, 0.2) is 57.5 Å². The highest BCUT2D eigenvalue weighted by Crippen LogP contribution is 2.64. The summed E-state index contributed by atoms with van der Waals surface area (Å²) in [6, 6.07) is 12.6. The van der Waals surface area contributed by atoms with Gasteiger partial charge in [0.05, 0.1) is 33.4 Å². The Balaban J connectivity index is 1.59. The maximum absolute atomic E-state index is 14.2. The second kappa shape index (κ2) is 48.0. The predicted octanol–water partition coefficient (Wildman–Crippen LogP) is 14.0. The van der Waals surface area contributed by atoms with Crippen LogP contribution in [0.25, 0.3) is 33.4 Å². The summed E-state index contributed by atoms with van der Waals surface area (Å²) in [5.74, 6) is -57.3. The van der Waals surface area contributed by atoms with Crippen molar-refractivity contribution in [3.05, 3.63) is 97.1 Å². The molecule has 0 heterocycles. The number of esters is 22. The van der Waals surface area contributed by atoms with E-state index in [4.69, 9.17) is 128 Å². The van der Waals surface area contributed by atoms with Gasteiger partial charge in [-0.15, -0.1) is 0 Å². The molecule has 0 aliphatic carbocycles. The first-order valence-corrected chi connectivity index (χ1v) is 42.0. The molecule has 0 aromatic heterocycles. The molecule has 768 valence electrons.